The molecule has 0 aromatic heterocycles. The second-order valence-corrected chi connectivity index (χ2v) is 5.85. The minimum Gasteiger partial charge on any atom is -0.444 e. The molecule has 0 spiro atoms. The zero-order valence-electron chi connectivity index (χ0n) is 12.6. The molecule has 2 atom stereocenters. The van der Waals surface area contributed by atoms with Crippen LogP contribution in [-0.2, 0) is 14.3 Å². The van der Waals surface area contributed by atoms with Crippen molar-refractivity contribution in [1.82, 2.24) is 10.2 Å². The molecule has 1 saturated heterocycles. The van der Waals surface area contributed by atoms with Crippen molar-refractivity contribution in [2.24, 2.45) is 5.73 Å². The molecular weight excluding hydrogens is 262 g/mol. The molecule has 116 valence electrons. The minimum atomic E-state index is -0.599. The molecule has 0 saturated carbocycles. The lowest BCUT2D eigenvalue weighted by atomic mass is 10.2. The largest absolute Gasteiger partial charge is 0.444 e. The zero-order chi connectivity index (χ0) is 15.3. The number of carbonyl (C=O) groups is 2. The van der Waals surface area contributed by atoms with Crippen molar-refractivity contribution in [2.75, 3.05) is 20.2 Å². The average Bonchev–Trinajstić information content (AvgIpc) is 2.82. The third-order valence-corrected chi connectivity index (χ3v) is 3.05. The van der Waals surface area contributed by atoms with Crippen LogP contribution >= 0.6 is 0 Å². The van der Waals surface area contributed by atoms with Gasteiger partial charge in [0.15, 0.2) is 0 Å². The molecule has 20 heavy (non-hydrogen) atoms. The van der Waals surface area contributed by atoms with E-state index in [4.69, 9.17) is 15.2 Å². The maximum absolute atomic E-state index is 12.1. The Labute approximate surface area is 119 Å². The number of likely N-dealkylation sites (tertiary alicyclic amines) is 1. The summed E-state index contributed by atoms with van der Waals surface area (Å²) in [5, 5.41) is 2.46. The number of nitrogens with zero attached hydrogens (tertiary/aromatic N) is 1. The van der Waals surface area contributed by atoms with Crippen LogP contribution < -0.4 is 11.1 Å². The van der Waals surface area contributed by atoms with Crippen LogP contribution in [0.25, 0.3) is 0 Å². The van der Waals surface area contributed by atoms with Crippen LogP contribution in [0.4, 0.5) is 4.79 Å². The molecule has 0 radical (unpaired) electrons. The smallest absolute Gasteiger partial charge is 0.408 e. The number of alkyl carbamates (subject to hydrolysis) is 1. The van der Waals surface area contributed by atoms with Crippen LogP contribution in [0.5, 0.6) is 0 Å². The molecule has 0 aromatic rings. The molecule has 2 amide bonds. The monoisotopic (exact) mass is 287 g/mol. The predicted octanol–water partition coefficient (Wildman–Crippen LogP) is 0.433. The van der Waals surface area contributed by atoms with Crippen LogP contribution in [0.2, 0.25) is 0 Å². The van der Waals surface area contributed by atoms with E-state index in [9.17, 15) is 9.59 Å². The van der Waals surface area contributed by atoms with Gasteiger partial charge < -0.3 is 25.4 Å². The molecule has 0 bridgehead atoms. The summed E-state index contributed by atoms with van der Waals surface area (Å²) in [6.07, 6.45) is 0.605. The summed E-state index contributed by atoms with van der Waals surface area (Å²) in [4.78, 5) is 25.2. The van der Waals surface area contributed by atoms with Gasteiger partial charge in [0, 0.05) is 13.7 Å². The first-order valence-electron chi connectivity index (χ1n) is 6.79. The lowest BCUT2D eigenvalue weighted by Crippen LogP contribution is -2.50. The number of rotatable bonds is 4. The fourth-order valence-electron chi connectivity index (χ4n) is 2.16. The zero-order valence-corrected chi connectivity index (χ0v) is 12.6. The van der Waals surface area contributed by atoms with Gasteiger partial charge in [0.05, 0.1) is 6.04 Å². The van der Waals surface area contributed by atoms with Crippen LogP contribution in [0, 0.1) is 0 Å². The highest BCUT2D eigenvalue weighted by molar-refractivity contribution is 5.82. The molecule has 1 rings (SSSR count). The molecule has 1 heterocycles. The Morgan fingerprint density at radius 1 is 1.45 bits per heavy atom. The Morgan fingerprint density at radius 2 is 2.10 bits per heavy atom. The van der Waals surface area contributed by atoms with Gasteiger partial charge in [-0.25, -0.2) is 4.79 Å². The van der Waals surface area contributed by atoms with E-state index >= 15 is 0 Å². The number of nitrogens with two attached hydrogens (primary N) is 1. The lowest BCUT2D eigenvalue weighted by molar-refractivity contribution is -0.133. The normalized spacial score (nSPS) is 20.6. The molecule has 1 fully saturated rings. The van der Waals surface area contributed by atoms with Crippen LogP contribution in [0.3, 0.4) is 0 Å². The second kappa shape index (κ2) is 6.90. The highest BCUT2D eigenvalue weighted by atomic mass is 16.6. The summed E-state index contributed by atoms with van der Waals surface area (Å²) in [5.74, 6) is -0.175. The second-order valence-electron chi connectivity index (χ2n) is 5.85. The molecule has 1 aliphatic heterocycles. The van der Waals surface area contributed by atoms with Gasteiger partial charge in [-0.2, -0.15) is 0 Å². The lowest BCUT2D eigenvalue weighted by Gasteiger charge is -2.28. The third-order valence-electron chi connectivity index (χ3n) is 3.05. The summed E-state index contributed by atoms with van der Waals surface area (Å²) in [6.45, 7) is 5.84. The van der Waals surface area contributed by atoms with E-state index in [0.29, 0.717) is 6.54 Å². The standard InChI is InChI=1S/C13H25N3O4/c1-13(2,3)20-12(18)15-8-10(17)16-7-5-6-9(16)11(14)19-4/h9,11H,5-8,14H2,1-4H3,(H,15,18)/t9-,11?/m0/s1. The molecular formula is C13H25N3O4. The van der Waals surface area contributed by atoms with Gasteiger partial charge in [-0.3, -0.25) is 4.79 Å². The van der Waals surface area contributed by atoms with Crippen LogP contribution in [0.15, 0.2) is 0 Å². The minimum absolute atomic E-state index is 0.0954. The van der Waals surface area contributed by atoms with E-state index in [2.05, 4.69) is 5.32 Å². The van der Waals surface area contributed by atoms with Crippen LogP contribution in [-0.4, -0.2) is 55.0 Å². The topological polar surface area (TPSA) is 93.9 Å². The number of ether oxygens (including phenoxy) is 2. The van der Waals surface area contributed by atoms with Gasteiger partial charge in [-0.15, -0.1) is 0 Å². The summed E-state index contributed by atoms with van der Waals surface area (Å²) in [5.41, 5.74) is 5.24. The fourth-order valence-corrected chi connectivity index (χ4v) is 2.16. The number of hydrogen-bond donors (Lipinski definition) is 2. The van der Waals surface area contributed by atoms with E-state index in [-0.39, 0.29) is 18.5 Å². The Kier molecular flexibility index (Phi) is 5.76. The first kappa shape index (κ1) is 16.7. The Bertz CT molecular complexity index is 354. The Morgan fingerprint density at radius 3 is 2.65 bits per heavy atom. The third kappa shape index (κ3) is 4.97. The molecule has 1 aliphatic rings. The van der Waals surface area contributed by atoms with E-state index in [1.54, 1.807) is 25.7 Å². The molecule has 3 N–H and O–H groups in total. The van der Waals surface area contributed by atoms with Crippen molar-refractivity contribution in [3.05, 3.63) is 0 Å². The maximum atomic E-state index is 12.1. The van der Waals surface area contributed by atoms with Crippen molar-refractivity contribution in [2.45, 2.75) is 51.5 Å². The van der Waals surface area contributed by atoms with Gasteiger partial charge in [0.25, 0.3) is 0 Å². The van der Waals surface area contributed by atoms with Crippen molar-refractivity contribution < 1.29 is 19.1 Å². The van der Waals surface area contributed by atoms with E-state index < -0.39 is 17.9 Å². The fraction of sp³-hybridized carbons (Fsp3) is 0.846. The number of methoxy groups -OCH3 is 1. The maximum Gasteiger partial charge on any atom is 0.408 e. The Hall–Kier alpha value is -1.34. The Balaban J connectivity index is 2.44. The van der Waals surface area contributed by atoms with Gasteiger partial charge in [-0.05, 0) is 33.6 Å². The van der Waals surface area contributed by atoms with E-state index in [1.807, 2.05) is 0 Å². The quantitative estimate of drug-likeness (QED) is 0.731. The number of nitrogens with one attached hydrogen (secondary N) is 1. The summed E-state index contributed by atoms with van der Waals surface area (Å²) in [7, 11) is 1.52. The number of carbonyl (C=O) groups excluding carboxylic acids is 2. The van der Waals surface area contributed by atoms with E-state index in [1.165, 1.54) is 7.11 Å². The van der Waals surface area contributed by atoms with Crippen molar-refractivity contribution in [3.63, 3.8) is 0 Å². The number of amides is 2. The molecule has 0 aromatic carbocycles. The van der Waals surface area contributed by atoms with Crippen molar-refractivity contribution in [3.8, 4) is 0 Å². The highest BCUT2D eigenvalue weighted by Gasteiger charge is 2.33. The molecule has 1 unspecified atom stereocenters. The predicted molar refractivity (Wildman–Crippen MR) is 74.0 cm³/mol. The first-order valence-corrected chi connectivity index (χ1v) is 6.79. The average molecular weight is 287 g/mol. The van der Waals surface area contributed by atoms with Crippen molar-refractivity contribution >= 4 is 12.0 Å². The van der Waals surface area contributed by atoms with E-state index in [0.717, 1.165) is 12.8 Å². The van der Waals surface area contributed by atoms with Crippen molar-refractivity contribution in [1.29, 1.82) is 0 Å². The van der Waals surface area contributed by atoms with Gasteiger partial charge in [0.1, 0.15) is 18.4 Å². The summed E-state index contributed by atoms with van der Waals surface area (Å²) >= 11 is 0. The molecule has 0 aliphatic carbocycles. The molecule has 7 nitrogen and oxygen atoms in total. The first-order chi connectivity index (χ1) is 9.24. The molecule has 7 heteroatoms. The highest BCUT2D eigenvalue weighted by Crippen LogP contribution is 2.19. The summed E-state index contributed by atoms with van der Waals surface area (Å²) < 4.78 is 10.2. The summed E-state index contributed by atoms with van der Waals surface area (Å²) in [6, 6.07) is -0.132. The van der Waals surface area contributed by atoms with Gasteiger partial charge in [0.2, 0.25) is 5.91 Å². The van der Waals surface area contributed by atoms with Crippen LogP contribution in [0.1, 0.15) is 33.6 Å². The number of hydrogen-bond acceptors (Lipinski definition) is 5. The van der Waals surface area contributed by atoms with Gasteiger partial charge in [-0.1, -0.05) is 0 Å². The van der Waals surface area contributed by atoms with Gasteiger partial charge >= 0.3 is 6.09 Å². The SMILES string of the molecule is COC(N)[C@@H]1CCCN1C(=O)CNC(=O)OC(C)(C)C.